The second kappa shape index (κ2) is 9.96. The number of carbonyl (C=O) groups is 1. The summed E-state index contributed by atoms with van der Waals surface area (Å²) in [6.45, 7) is 11.5. The molecule has 0 saturated carbocycles. The van der Waals surface area contributed by atoms with E-state index in [0.29, 0.717) is 18.7 Å². The van der Waals surface area contributed by atoms with Crippen LogP contribution < -0.4 is 0 Å². The van der Waals surface area contributed by atoms with E-state index in [1.807, 2.05) is 17.9 Å². The average molecular weight is 405 g/mol. The molecule has 7 nitrogen and oxygen atoms in total. The predicted molar refractivity (Wildman–Crippen MR) is 112 cm³/mol. The molecule has 1 unspecified atom stereocenters. The molecule has 0 aromatic carbocycles. The zero-order chi connectivity index (χ0) is 20.1. The lowest BCUT2D eigenvalue weighted by Crippen LogP contribution is -2.58. The lowest BCUT2D eigenvalue weighted by atomic mass is 9.96. The van der Waals surface area contributed by atoms with Crippen molar-refractivity contribution in [2.75, 3.05) is 59.0 Å². The van der Waals surface area contributed by atoms with Gasteiger partial charge in [0.25, 0.3) is 0 Å². The molecule has 0 radical (unpaired) electrons. The summed E-state index contributed by atoms with van der Waals surface area (Å²) in [5.41, 5.74) is 0. The summed E-state index contributed by atoms with van der Waals surface area (Å²) in [6, 6.07) is 5.40. The highest BCUT2D eigenvalue weighted by molar-refractivity contribution is 5.67. The number of piperazine rings is 1. The maximum Gasteiger partial charge on any atom is 0.409 e. The van der Waals surface area contributed by atoms with Crippen molar-refractivity contribution in [2.24, 2.45) is 0 Å². The van der Waals surface area contributed by atoms with Gasteiger partial charge in [-0.2, -0.15) is 0 Å². The lowest BCUT2D eigenvalue weighted by Gasteiger charge is -2.46. The van der Waals surface area contributed by atoms with Gasteiger partial charge in [-0.3, -0.25) is 14.7 Å². The molecule has 3 fully saturated rings. The van der Waals surface area contributed by atoms with Crippen LogP contribution in [0.2, 0.25) is 0 Å². The van der Waals surface area contributed by atoms with Gasteiger partial charge in [0.1, 0.15) is 5.76 Å². The van der Waals surface area contributed by atoms with Crippen molar-refractivity contribution in [2.45, 2.75) is 51.2 Å². The van der Waals surface area contributed by atoms with E-state index in [4.69, 9.17) is 9.15 Å². The molecule has 162 valence electrons. The van der Waals surface area contributed by atoms with Crippen LogP contribution in [0.4, 0.5) is 4.79 Å². The molecular formula is C22H36N4O3. The van der Waals surface area contributed by atoms with Gasteiger partial charge in [-0.15, -0.1) is 0 Å². The number of likely N-dealkylation sites (tertiary alicyclic amines) is 2. The molecule has 3 aliphatic heterocycles. The maximum atomic E-state index is 11.9. The first-order valence-electron chi connectivity index (χ1n) is 11.4. The van der Waals surface area contributed by atoms with Gasteiger partial charge in [0.2, 0.25) is 0 Å². The Balaban J connectivity index is 1.21. The molecule has 3 saturated heterocycles. The summed E-state index contributed by atoms with van der Waals surface area (Å²) >= 11 is 0. The maximum absolute atomic E-state index is 11.9. The molecular weight excluding hydrogens is 368 g/mol. The van der Waals surface area contributed by atoms with Gasteiger partial charge in [0, 0.05) is 57.9 Å². The number of nitrogens with zero attached hydrogens (tertiary/aromatic N) is 4. The molecule has 1 aromatic rings. The van der Waals surface area contributed by atoms with Crippen molar-refractivity contribution in [1.29, 1.82) is 0 Å². The largest absolute Gasteiger partial charge is 0.468 e. The van der Waals surface area contributed by atoms with Crippen molar-refractivity contribution < 1.29 is 13.9 Å². The summed E-state index contributed by atoms with van der Waals surface area (Å²) in [6.07, 6.45) is 6.69. The monoisotopic (exact) mass is 404 g/mol. The van der Waals surface area contributed by atoms with Gasteiger partial charge in [-0.05, 0) is 51.3 Å². The van der Waals surface area contributed by atoms with Crippen molar-refractivity contribution in [3.8, 4) is 0 Å². The van der Waals surface area contributed by atoms with Gasteiger partial charge >= 0.3 is 6.09 Å². The van der Waals surface area contributed by atoms with Crippen LogP contribution in [0.5, 0.6) is 0 Å². The van der Waals surface area contributed by atoms with Gasteiger partial charge in [0.15, 0.2) is 0 Å². The van der Waals surface area contributed by atoms with Crippen LogP contribution in [0.25, 0.3) is 0 Å². The Hall–Kier alpha value is -1.57. The van der Waals surface area contributed by atoms with Gasteiger partial charge in [0.05, 0.1) is 19.4 Å². The minimum atomic E-state index is -0.154. The first kappa shape index (κ1) is 20.7. The Morgan fingerprint density at radius 1 is 1.03 bits per heavy atom. The first-order chi connectivity index (χ1) is 14.2. The Bertz CT molecular complexity index is 622. The van der Waals surface area contributed by atoms with Gasteiger partial charge in [-0.1, -0.05) is 0 Å². The van der Waals surface area contributed by atoms with E-state index in [2.05, 4.69) is 20.8 Å². The molecule has 4 heterocycles. The van der Waals surface area contributed by atoms with E-state index in [9.17, 15) is 4.79 Å². The zero-order valence-electron chi connectivity index (χ0n) is 17.8. The smallest absolute Gasteiger partial charge is 0.409 e. The van der Waals surface area contributed by atoms with Crippen molar-refractivity contribution >= 4 is 6.09 Å². The van der Waals surface area contributed by atoms with Crippen LogP contribution in [0.15, 0.2) is 22.8 Å². The van der Waals surface area contributed by atoms with Crippen LogP contribution in [0, 0.1) is 0 Å². The number of ether oxygens (including phenoxy) is 1. The second-order valence-electron chi connectivity index (χ2n) is 8.60. The molecule has 0 aliphatic carbocycles. The minimum absolute atomic E-state index is 0.154. The van der Waals surface area contributed by atoms with Crippen LogP contribution in [0.1, 0.15) is 38.4 Å². The fraction of sp³-hybridized carbons (Fsp3) is 0.773. The normalized spacial score (nSPS) is 26.0. The minimum Gasteiger partial charge on any atom is -0.468 e. The third kappa shape index (κ3) is 5.32. The van der Waals surface area contributed by atoms with E-state index < -0.39 is 0 Å². The van der Waals surface area contributed by atoms with Crippen molar-refractivity contribution in [3.63, 3.8) is 0 Å². The van der Waals surface area contributed by atoms with Crippen LogP contribution in [-0.4, -0.2) is 96.7 Å². The van der Waals surface area contributed by atoms with Crippen molar-refractivity contribution in [1.82, 2.24) is 19.6 Å². The Morgan fingerprint density at radius 3 is 2.52 bits per heavy atom. The highest BCUT2D eigenvalue weighted by Gasteiger charge is 2.33. The number of carbonyl (C=O) groups excluding carboxylic acids is 1. The van der Waals surface area contributed by atoms with Crippen LogP contribution in [0.3, 0.4) is 0 Å². The molecule has 0 N–H and O–H groups in total. The standard InChI is InChI=1S/C22H36N4O3/c1-2-28-22(27)25-14-12-24(13-15-25)20-5-3-9-26(17-20)19-7-10-23(11-8-19)18-21-6-4-16-29-21/h4,6,16,19-20H,2-3,5,7-15,17-18H2,1H3. The van der Waals surface area contributed by atoms with E-state index in [0.717, 1.165) is 51.6 Å². The van der Waals surface area contributed by atoms with E-state index in [1.54, 1.807) is 6.26 Å². The predicted octanol–water partition coefficient (Wildman–Crippen LogP) is 2.48. The number of piperidine rings is 2. The third-order valence-electron chi connectivity index (χ3n) is 6.82. The summed E-state index contributed by atoms with van der Waals surface area (Å²) in [4.78, 5) is 21.7. The number of amides is 1. The van der Waals surface area contributed by atoms with Gasteiger partial charge < -0.3 is 14.1 Å². The fourth-order valence-electron chi connectivity index (χ4n) is 5.16. The number of furan rings is 1. The molecule has 0 bridgehead atoms. The summed E-state index contributed by atoms with van der Waals surface area (Å²) in [7, 11) is 0. The topological polar surface area (TPSA) is 52.4 Å². The quantitative estimate of drug-likeness (QED) is 0.752. The highest BCUT2D eigenvalue weighted by atomic mass is 16.6. The molecule has 7 heteroatoms. The number of hydrogen-bond donors (Lipinski definition) is 0. The lowest BCUT2D eigenvalue weighted by molar-refractivity contribution is 0.0195. The Kier molecular flexibility index (Phi) is 7.11. The van der Waals surface area contributed by atoms with Gasteiger partial charge in [-0.25, -0.2) is 4.79 Å². The zero-order valence-corrected chi connectivity index (χ0v) is 17.8. The molecule has 1 amide bonds. The fourth-order valence-corrected chi connectivity index (χ4v) is 5.16. The van der Waals surface area contributed by atoms with E-state index in [-0.39, 0.29) is 6.09 Å². The SMILES string of the molecule is CCOC(=O)N1CCN(C2CCCN(C3CCN(Cc4ccco4)CC3)C2)CC1. The van der Waals surface area contributed by atoms with E-state index in [1.165, 1.54) is 38.8 Å². The summed E-state index contributed by atoms with van der Waals surface area (Å²) < 4.78 is 10.7. The summed E-state index contributed by atoms with van der Waals surface area (Å²) in [5, 5.41) is 0. The first-order valence-corrected chi connectivity index (χ1v) is 11.4. The van der Waals surface area contributed by atoms with Crippen molar-refractivity contribution in [3.05, 3.63) is 24.2 Å². The number of hydrogen-bond acceptors (Lipinski definition) is 6. The average Bonchev–Trinajstić information content (AvgIpc) is 3.28. The van der Waals surface area contributed by atoms with Crippen LogP contribution >= 0.6 is 0 Å². The highest BCUT2D eigenvalue weighted by Crippen LogP contribution is 2.25. The van der Waals surface area contributed by atoms with E-state index >= 15 is 0 Å². The Labute approximate surface area is 174 Å². The molecule has 29 heavy (non-hydrogen) atoms. The molecule has 1 aromatic heterocycles. The number of rotatable bonds is 5. The third-order valence-corrected chi connectivity index (χ3v) is 6.82. The molecule has 4 rings (SSSR count). The second-order valence-corrected chi connectivity index (χ2v) is 8.60. The van der Waals surface area contributed by atoms with Crippen LogP contribution in [-0.2, 0) is 11.3 Å². The summed E-state index contributed by atoms with van der Waals surface area (Å²) in [5.74, 6) is 1.07. The molecule has 1 atom stereocenters. The molecule has 0 spiro atoms. The Morgan fingerprint density at radius 2 is 1.83 bits per heavy atom. The molecule has 3 aliphatic rings.